The van der Waals surface area contributed by atoms with Crippen molar-refractivity contribution in [1.82, 2.24) is 5.32 Å². The summed E-state index contributed by atoms with van der Waals surface area (Å²) >= 11 is 0. The van der Waals surface area contributed by atoms with Gasteiger partial charge in [0.05, 0.1) is 5.92 Å². The van der Waals surface area contributed by atoms with Gasteiger partial charge in [-0.05, 0) is 40.2 Å². The van der Waals surface area contributed by atoms with Crippen molar-refractivity contribution in [2.75, 3.05) is 6.54 Å². The number of hydrogen-bond acceptors (Lipinski definition) is 3. The third-order valence-electron chi connectivity index (χ3n) is 2.52. The van der Waals surface area contributed by atoms with E-state index in [0.29, 0.717) is 6.42 Å². The van der Waals surface area contributed by atoms with E-state index < -0.39 is 29.7 Å². The average Bonchev–Trinajstić information content (AvgIpc) is 2.13. The van der Waals surface area contributed by atoms with Crippen molar-refractivity contribution in [3.63, 3.8) is 0 Å². The fourth-order valence-corrected chi connectivity index (χ4v) is 1.86. The van der Waals surface area contributed by atoms with Crippen molar-refractivity contribution >= 4 is 5.97 Å². The number of halogens is 3. The van der Waals surface area contributed by atoms with Crippen molar-refractivity contribution in [3.05, 3.63) is 0 Å². The van der Waals surface area contributed by atoms with E-state index >= 15 is 0 Å². The highest BCUT2D eigenvalue weighted by atomic mass is 19.4. The Labute approximate surface area is 98.7 Å². The highest BCUT2D eigenvalue weighted by Gasteiger charge is 2.49. The molecule has 0 amide bonds. The lowest BCUT2D eigenvalue weighted by Gasteiger charge is -2.34. The van der Waals surface area contributed by atoms with Gasteiger partial charge in [0, 0.05) is 0 Å². The van der Waals surface area contributed by atoms with Gasteiger partial charge in [-0.15, -0.1) is 0 Å². The first-order chi connectivity index (χ1) is 7.61. The lowest BCUT2D eigenvalue weighted by atomic mass is 9.90. The summed E-state index contributed by atoms with van der Waals surface area (Å²) in [6.07, 6.45) is -3.65. The molecule has 17 heavy (non-hydrogen) atoms. The van der Waals surface area contributed by atoms with E-state index in [9.17, 15) is 18.0 Å². The first-order valence-corrected chi connectivity index (χ1v) is 5.64. The van der Waals surface area contributed by atoms with Gasteiger partial charge in [0.15, 0.2) is 0 Å². The van der Waals surface area contributed by atoms with Gasteiger partial charge in [0.25, 0.3) is 0 Å². The van der Waals surface area contributed by atoms with Crippen LogP contribution in [0.25, 0.3) is 0 Å². The zero-order chi connectivity index (χ0) is 13.3. The second kappa shape index (κ2) is 4.84. The van der Waals surface area contributed by atoms with Gasteiger partial charge in [-0.2, -0.15) is 13.2 Å². The van der Waals surface area contributed by atoms with Crippen LogP contribution in [-0.2, 0) is 9.53 Å². The molecule has 1 saturated heterocycles. The van der Waals surface area contributed by atoms with Gasteiger partial charge in [-0.1, -0.05) is 0 Å². The van der Waals surface area contributed by atoms with Crippen LogP contribution < -0.4 is 5.32 Å². The number of hydrogen-bond donors (Lipinski definition) is 1. The number of carbonyl (C=O) groups is 1. The highest BCUT2D eigenvalue weighted by Crippen LogP contribution is 2.32. The molecule has 1 rings (SSSR count). The first kappa shape index (κ1) is 14.3. The molecular formula is C11H18F3NO2. The van der Waals surface area contributed by atoms with Crippen LogP contribution in [0.15, 0.2) is 0 Å². The number of ether oxygens (including phenoxy) is 1. The maximum absolute atomic E-state index is 12.7. The topological polar surface area (TPSA) is 38.3 Å². The minimum absolute atomic E-state index is 0.214. The molecule has 1 aliphatic heterocycles. The Hall–Kier alpha value is -0.780. The van der Waals surface area contributed by atoms with Gasteiger partial charge in [0.1, 0.15) is 11.6 Å². The number of alkyl halides is 3. The van der Waals surface area contributed by atoms with Crippen LogP contribution in [0.3, 0.4) is 0 Å². The molecule has 0 aromatic rings. The second-order valence-electron chi connectivity index (χ2n) is 5.26. The maximum atomic E-state index is 12.7. The van der Waals surface area contributed by atoms with Crippen LogP contribution in [0.1, 0.15) is 33.6 Å². The monoisotopic (exact) mass is 253 g/mol. The molecule has 3 nitrogen and oxygen atoms in total. The van der Waals surface area contributed by atoms with E-state index in [1.165, 1.54) is 0 Å². The fourth-order valence-electron chi connectivity index (χ4n) is 1.86. The van der Waals surface area contributed by atoms with Crippen LogP contribution in [-0.4, -0.2) is 30.3 Å². The Morgan fingerprint density at radius 2 is 1.88 bits per heavy atom. The van der Waals surface area contributed by atoms with E-state index in [-0.39, 0.29) is 13.0 Å². The highest BCUT2D eigenvalue weighted by molar-refractivity contribution is 5.74. The predicted molar refractivity (Wildman–Crippen MR) is 56.4 cm³/mol. The Morgan fingerprint density at radius 3 is 2.35 bits per heavy atom. The number of rotatable bonds is 1. The number of piperidine rings is 1. The van der Waals surface area contributed by atoms with Crippen LogP contribution in [0, 0.1) is 5.92 Å². The summed E-state index contributed by atoms with van der Waals surface area (Å²) in [6, 6.07) is -1.79. The quantitative estimate of drug-likeness (QED) is 0.728. The third-order valence-corrected chi connectivity index (χ3v) is 2.52. The van der Waals surface area contributed by atoms with E-state index in [2.05, 4.69) is 5.32 Å². The van der Waals surface area contributed by atoms with E-state index in [0.717, 1.165) is 0 Å². The minimum atomic E-state index is -4.41. The first-order valence-electron chi connectivity index (χ1n) is 5.64. The summed E-state index contributed by atoms with van der Waals surface area (Å²) in [5, 5.41) is 2.35. The molecule has 2 atom stereocenters. The van der Waals surface area contributed by atoms with Crippen LogP contribution in [0.2, 0.25) is 0 Å². The summed E-state index contributed by atoms with van der Waals surface area (Å²) in [6.45, 7) is 5.21. The van der Waals surface area contributed by atoms with Crippen LogP contribution in [0.5, 0.6) is 0 Å². The molecule has 1 heterocycles. The Morgan fingerprint density at radius 1 is 1.29 bits per heavy atom. The summed E-state index contributed by atoms with van der Waals surface area (Å²) in [5.74, 6) is -1.91. The molecule has 6 heteroatoms. The summed E-state index contributed by atoms with van der Waals surface area (Å²) < 4.78 is 43.2. The van der Waals surface area contributed by atoms with E-state index in [1.54, 1.807) is 20.8 Å². The molecule has 0 aliphatic carbocycles. The number of nitrogens with one attached hydrogen (secondary N) is 1. The van der Waals surface area contributed by atoms with Crippen molar-refractivity contribution < 1.29 is 22.7 Å². The molecule has 1 fully saturated rings. The maximum Gasteiger partial charge on any atom is 0.404 e. The predicted octanol–water partition coefficient (Wildman–Crippen LogP) is 2.26. The van der Waals surface area contributed by atoms with E-state index in [1.807, 2.05) is 0 Å². The van der Waals surface area contributed by atoms with Crippen molar-refractivity contribution in [1.29, 1.82) is 0 Å². The lowest BCUT2D eigenvalue weighted by molar-refractivity contribution is -0.191. The molecule has 100 valence electrons. The number of esters is 1. The zero-order valence-corrected chi connectivity index (χ0v) is 10.2. The fraction of sp³-hybridized carbons (Fsp3) is 0.909. The molecule has 0 aromatic carbocycles. The molecule has 1 N–H and O–H groups in total. The molecule has 0 unspecified atom stereocenters. The van der Waals surface area contributed by atoms with Gasteiger partial charge >= 0.3 is 12.1 Å². The number of carbonyl (C=O) groups excluding carboxylic acids is 1. The van der Waals surface area contributed by atoms with Gasteiger partial charge in [0.2, 0.25) is 0 Å². The zero-order valence-electron chi connectivity index (χ0n) is 10.2. The van der Waals surface area contributed by atoms with Crippen LogP contribution in [0.4, 0.5) is 13.2 Å². The van der Waals surface area contributed by atoms with Gasteiger partial charge in [-0.25, -0.2) is 0 Å². The third kappa shape index (κ3) is 4.18. The van der Waals surface area contributed by atoms with E-state index in [4.69, 9.17) is 4.74 Å². The van der Waals surface area contributed by atoms with Gasteiger partial charge in [-0.3, -0.25) is 4.79 Å². The minimum Gasteiger partial charge on any atom is -0.460 e. The average molecular weight is 253 g/mol. The normalized spacial score (nSPS) is 26.7. The molecule has 0 saturated carbocycles. The molecule has 0 radical (unpaired) electrons. The Kier molecular flexibility index (Phi) is 4.06. The summed E-state index contributed by atoms with van der Waals surface area (Å²) in [5.41, 5.74) is -0.759. The summed E-state index contributed by atoms with van der Waals surface area (Å²) in [4.78, 5) is 11.7. The smallest absolute Gasteiger partial charge is 0.404 e. The molecular weight excluding hydrogens is 235 g/mol. The molecule has 0 spiro atoms. The summed E-state index contributed by atoms with van der Waals surface area (Å²) in [7, 11) is 0. The van der Waals surface area contributed by atoms with Gasteiger partial charge < -0.3 is 10.1 Å². The second-order valence-corrected chi connectivity index (χ2v) is 5.26. The standard InChI is InChI=1S/C11H18F3NO2/c1-10(2,3)17-9(16)7-5-4-6-15-8(7)11(12,13)14/h7-8,15H,4-6H2,1-3H3/t7-,8+/m0/s1. The lowest BCUT2D eigenvalue weighted by Crippen LogP contribution is -2.54. The Bertz CT molecular complexity index is 283. The molecule has 0 bridgehead atoms. The largest absolute Gasteiger partial charge is 0.460 e. The molecule has 0 aromatic heterocycles. The Balaban J connectivity index is 2.75. The SMILES string of the molecule is CC(C)(C)OC(=O)[C@H]1CCCN[C@H]1C(F)(F)F. The van der Waals surface area contributed by atoms with Crippen LogP contribution >= 0.6 is 0 Å². The molecule has 1 aliphatic rings. The van der Waals surface area contributed by atoms with Crippen molar-refractivity contribution in [2.45, 2.75) is 51.4 Å². The van der Waals surface area contributed by atoms with Crippen molar-refractivity contribution in [3.8, 4) is 0 Å². The van der Waals surface area contributed by atoms with Crippen molar-refractivity contribution in [2.24, 2.45) is 5.92 Å².